The van der Waals surface area contributed by atoms with Crippen molar-refractivity contribution in [1.82, 2.24) is 19.7 Å². The number of alkyl halides is 3. The van der Waals surface area contributed by atoms with Crippen LogP contribution in [0.1, 0.15) is 0 Å². The summed E-state index contributed by atoms with van der Waals surface area (Å²) in [6, 6.07) is 15.0. The summed E-state index contributed by atoms with van der Waals surface area (Å²) < 4.78 is 38.6. The van der Waals surface area contributed by atoms with E-state index in [2.05, 4.69) is 9.97 Å². The van der Waals surface area contributed by atoms with Gasteiger partial charge in [0.05, 0.1) is 22.3 Å². The Kier molecular flexibility index (Phi) is 4.39. The molecular formula is C18H13F3N4OS. The molecule has 0 radical (unpaired) electrons. The van der Waals surface area contributed by atoms with Crippen LogP contribution in [0.2, 0.25) is 0 Å². The molecule has 138 valence electrons. The molecule has 4 rings (SSSR count). The van der Waals surface area contributed by atoms with E-state index in [1.807, 2.05) is 58.2 Å². The predicted octanol–water partition coefficient (Wildman–Crippen LogP) is 3.81. The lowest BCUT2D eigenvalue weighted by Gasteiger charge is -2.10. The molecule has 0 aliphatic carbocycles. The highest BCUT2D eigenvalue weighted by atomic mass is 32.2. The van der Waals surface area contributed by atoms with Gasteiger partial charge in [0.2, 0.25) is 5.91 Å². The minimum atomic E-state index is -4.44. The lowest BCUT2D eigenvalue weighted by atomic mass is 10.2. The van der Waals surface area contributed by atoms with Crippen molar-refractivity contribution in [3.05, 3.63) is 48.5 Å². The molecule has 0 fully saturated rings. The molecule has 0 saturated heterocycles. The third kappa shape index (κ3) is 3.55. The quantitative estimate of drug-likeness (QED) is 0.425. The maximum atomic E-state index is 12.2. The largest absolute Gasteiger partial charge is 0.405 e. The molecular weight excluding hydrogens is 377 g/mol. The Morgan fingerprint density at radius 3 is 2.52 bits per heavy atom. The molecule has 0 spiro atoms. The Hall–Kier alpha value is -2.81. The number of amides is 1. The number of carbonyl (C=O) groups excluding carboxylic acids is 1. The van der Waals surface area contributed by atoms with E-state index in [1.54, 1.807) is 0 Å². The third-order valence-corrected chi connectivity index (χ3v) is 4.87. The first-order valence-corrected chi connectivity index (χ1v) is 9.03. The number of carbonyl (C=O) groups is 1. The Morgan fingerprint density at radius 1 is 1.04 bits per heavy atom. The second kappa shape index (κ2) is 6.73. The molecule has 4 aromatic rings. The summed E-state index contributed by atoms with van der Waals surface area (Å²) in [7, 11) is 0. The van der Waals surface area contributed by atoms with E-state index in [9.17, 15) is 18.0 Å². The normalized spacial score (nSPS) is 12.1. The van der Waals surface area contributed by atoms with Crippen molar-refractivity contribution in [2.45, 2.75) is 11.3 Å². The predicted molar refractivity (Wildman–Crippen MR) is 97.8 cm³/mol. The first-order valence-electron chi connectivity index (χ1n) is 8.04. The van der Waals surface area contributed by atoms with Gasteiger partial charge < -0.3 is 5.32 Å². The summed E-state index contributed by atoms with van der Waals surface area (Å²) in [5, 5.41) is 3.23. The van der Waals surface area contributed by atoms with E-state index in [4.69, 9.17) is 0 Å². The van der Waals surface area contributed by atoms with Crippen LogP contribution in [-0.4, -0.2) is 38.7 Å². The van der Waals surface area contributed by atoms with Crippen LogP contribution in [0.5, 0.6) is 0 Å². The molecule has 2 heterocycles. The molecule has 0 bridgehead atoms. The van der Waals surface area contributed by atoms with Gasteiger partial charge in [0, 0.05) is 5.39 Å². The van der Waals surface area contributed by atoms with Crippen molar-refractivity contribution in [2.24, 2.45) is 0 Å². The van der Waals surface area contributed by atoms with Crippen LogP contribution in [0.4, 0.5) is 13.2 Å². The van der Waals surface area contributed by atoms with E-state index < -0.39 is 18.6 Å². The number of halogens is 3. The van der Waals surface area contributed by atoms with Crippen molar-refractivity contribution in [3.8, 4) is 0 Å². The van der Waals surface area contributed by atoms with E-state index in [0.717, 1.165) is 28.2 Å². The van der Waals surface area contributed by atoms with Crippen molar-refractivity contribution in [3.63, 3.8) is 0 Å². The van der Waals surface area contributed by atoms with E-state index >= 15 is 0 Å². The maximum absolute atomic E-state index is 12.2. The first kappa shape index (κ1) is 17.6. The van der Waals surface area contributed by atoms with E-state index in [0.29, 0.717) is 16.3 Å². The van der Waals surface area contributed by atoms with Crippen LogP contribution in [0, 0.1) is 0 Å². The minimum absolute atomic E-state index is 0.178. The topological polar surface area (TPSA) is 59.3 Å². The van der Waals surface area contributed by atoms with Crippen LogP contribution in [0.3, 0.4) is 0 Å². The summed E-state index contributed by atoms with van der Waals surface area (Å²) in [4.78, 5) is 21.0. The third-order valence-electron chi connectivity index (χ3n) is 3.93. The Labute approximate surface area is 155 Å². The molecule has 27 heavy (non-hydrogen) atoms. The number of rotatable bonds is 4. The highest BCUT2D eigenvalue weighted by Gasteiger charge is 2.27. The number of thioether (sulfide) groups is 1. The molecule has 0 atom stereocenters. The fourth-order valence-corrected chi connectivity index (χ4v) is 3.63. The number of nitrogens with zero attached hydrogens (tertiary/aromatic N) is 3. The average Bonchev–Trinajstić information content (AvgIpc) is 3.04. The number of hydrogen-bond donors (Lipinski definition) is 1. The summed E-state index contributed by atoms with van der Waals surface area (Å²) in [6.45, 7) is -1.35. The van der Waals surface area contributed by atoms with Gasteiger partial charge in [0.15, 0.2) is 5.16 Å². The monoisotopic (exact) mass is 390 g/mol. The SMILES string of the molecule is O=C(CSc1nc2ccccc2c2nc3ccccc3n12)NCC(F)(F)F. The number of benzene rings is 2. The highest BCUT2D eigenvalue weighted by Crippen LogP contribution is 2.28. The fourth-order valence-electron chi connectivity index (χ4n) is 2.79. The number of nitrogens with one attached hydrogen (secondary N) is 1. The van der Waals surface area contributed by atoms with Crippen LogP contribution in [0.15, 0.2) is 53.7 Å². The van der Waals surface area contributed by atoms with Crippen molar-refractivity contribution in [2.75, 3.05) is 12.3 Å². The fraction of sp³-hybridized carbons (Fsp3) is 0.167. The zero-order valence-corrected chi connectivity index (χ0v) is 14.6. The highest BCUT2D eigenvalue weighted by molar-refractivity contribution is 7.99. The van der Waals surface area contributed by atoms with Gasteiger partial charge in [-0.2, -0.15) is 13.2 Å². The van der Waals surface area contributed by atoms with Gasteiger partial charge in [-0.1, -0.05) is 36.0 Å². The standard InChI is InChI=1S/C18H13F3N4OS/c19-18(20,21)10-22-15(26)9-27-17-24-12-6-2-1-5-11(12)16-23-13-7-3-4-8-14(13)25(16)17/h1-8H,9-10H2,(H,22,26). The van der Waals surface area contributed by atoms with Gasteiger partial charge in [-0.15, -0.1) is 0 Å². The van der Waals surface area contributed by atoms with Gasteiger partial charge in [-0.25, -0.2) is 9.97 Å². The van der Waals surface area contributed by atoms with Crippen molar-refractivity contribution in [1.29, 1.82) is 0 Å². The summed E-state index contributed by atoms with van der Waals surface area (Å²) in [5.74, 6) is -0.881. The van der Waals surface area contributed by atoms with Crippen molar-refractivity contribution >= 4 is 45.3 Å². The maximum Gasteiger partial charge on any atom is 0.405 e. The molecule has 1 N–H and O–H groups in total. The second-order valence-corrected chi connectivity index (χ2v) is 6.79. The number of imidazole rings is 1. The Balaban J connectivity index is 1.73. The summed E-state index contributed by atoms with van der Waals surface area (Å²) >= 11 is 1.08. The van der Waals surface area contributed by atoms with Crippen LogP contribution in [0.25, 0.3) is 27.6 Å². The Morgan fingerprint density at radius 2 is 1.74 bits per heavy atom. The second-order valence-electron chi connectivity index (χ2n) is 5.85. The molecule has 0 aliphatic rings. The number of aromatic nitrogens is 3. The smallest absolute Gasteiger partial charge is 0.346 e. The van der Waals surface area contributed by atoms with Crippen LogP contribution in [-0.2, 0) is 4.79 Å². The molecule has 0 aliphatic heterocycles. The molecule has 2 aromatic carbocycles. The summed E-state index contributed by atoms with van der Waals surface area (Å²) in [6.07, 6.45) is -4.44. The molecule has 0 unspecified atom stereocenters. The van der Waals surface area contributed by atoms with Crippen LogP contribution >= 0.6 is 11.8 Å². The summed E-state index contributed by atoms with van der Waals surface area (Å²) in [5.41, 5.74) is 3.00. The zero-order valence-electron chi connectivity index (χ0n) is 13.8. The zero-order chi connectivity index (χ0) is 19.0. The van der Waals surface area contributed by atoms with Gasteiger partial charge in [-0.05, 0) is 24.3 Å². The molecule has 2 aromatic heterocycles. The van der Waals surface area contributed by atoms with Crippen molar-refractivity contribution < 1.29 is 18.0 Å². The average molecular weight is 390 g/mol. The van der Waals surface area contributed by atoms with Gasteiger partial charge in [0.25, 0.3) is 0 Å². The molecule has 0 saturated carbocycles. The molecule has 1 amide bonds. The number of fused-ring (bicyclic) bond motifs is 5. The number of hydrogen-bond acceptors (Lipinski definition) is 4. The molecule has 5 nitrogen and oxygen atoms in total. The van der Waals surface area contributed by atoms with E-state index in [1.165, 1.54) is 0 Å². The van der Waals surface area contributed by atoms with Gasteiger partial charge in [0.1, 0.15) is 12.2 Å². The minimum Gasteiger partial charge on any atom is -0.346 e. The lowest BCUT2D eigenvalue weighted by Crippen LogP contribution is -2.34. The van der Waals surface area contributed by atoms with Crippen LogP contribution < -0.4 is 5.32 Å². The Bertz CT molecular complexity index is 1160. The van der Waals surface area contributed by atoms with E-state index in [-0.39, 0.29) is 5.75 Å². The number of para-hydroxylation sites is 3. The first-order chi connectivity index (χ1) is 12.9. The lowest BCUT2D eigenvalue weighted by molar-refractivity contribution is -0.136. The van der Waals surface area contributed by atoms with Gasteiger partial charge >= 0.3 is 6.18 Å². The van der Waals surface area contributed by atoms with Gasteiger partial charge in [-0.3, -0.25) is 9.20 Å². The molecule has 9 heteroatoms.